The van der Waals surface area contributed by atoms with E-state index in [1.807, 2.05) is 30.3 Å². The van der Waals surface area contributed by atoms with Gasteiger partial charge in [-0.1, -0.05) is 24.3 Å². The van der Waals surface area contributed by atoms with Crippen LogP contribution in [0.1, 0.15) is 24.1 Å². The van der Waals surface area contributed by atoms with Crippen LogP contribution in [-0.2, 0) is 6.54 Å². The lowest BCUT2D eigenvalue weighted by Crippen LogP contribution is -2.18. The Kier molecular flexibility index (Phi) is 4.42. The second-order valence-corrected chi connectivity index (χ2v) is 4.55. The topological polar surface area (TPSA) is 41.5 Å². The van der Waals surface area contributed by atoms with E-state index < -0.39 is 0 Å². The van der Waals surface area contributed by atoms with Gasteiger partial charge in [-0.15, -0.1) is 0 Å². The lowest BCUT2D eigenvalue weighted by atomic mass is 10.1. The summed E-state index contributed by atoms with van der Waals surface area (Å²) in [5.41, 5.74) is 2.24. The molecule has 2 aromatic rings. The van der Waals surface area contributed by atoms with E-state index in [1.54, 1.807) is 19.2 Å². The Morgan fingerprint density at radius 1 is 1.16 bits per heavy atom. The summed E-state index contributed by atoms with van der Waals surface area (Å²) in [6, 6.07) is 15.5. The van der Waals surface area contributed by atoms with E-state index in [0.717, 1.165) is 11.3 Å². The van der Waals surface area contributed by atoms with Crippen molar-refractivity contribution in [2.24, 2.45) is 0 Å². The van der Waals surface area contributed by atoms with Gasteiger partial charge in [-0.25, -0.2) is 0 Å². The Labute approximate surface area is 113 Å². The normalized spacial score (nSPS) is 12.1. The molecule has 19 heavy (non-hydrogen) atoms. The number of rotatable bonds is 5. The van der Waals surface area contributed by atoms with Crippen molar-refractivity contribution in [2.45, 2.75) is 19.5 Å². The van der Waals surface area contributed by atoms with Crippen LogP contribution >= 0.6 is 0 Å². The SMILES string of the molecule is COc1cccc(C(C)NCc2cccc(O)c2)c1. The first-order valence-corrected chi connectivity index (χ1v) is 6.34. The zero-order valence-corrected chi connectivity index (χ0v) is 11.3. The highest BCUT2D eigenvalue weighted by Gasteiger charge is 2.06. The van der Waals surface area contributed by atoms with Crippen LogP contribution in [0.25, 0.3) is 0 Å². The van der Waals surface area contributed by atoms with Crippen molar-refractivity contribution < 1.29 is 9.84 Å². The molecule has 2 N–H and O–H groups in total. The van der Waals surface area contributed by atoms with Gasteiger partial charge in [-0.3, -0.25) is 0 Å². The predicted octanol–water partition coefficient (Wildman–Crippen LogP) is 3.25. The van der Waals surface area contributed by atoms with Crippen LogP contribution in [0.3, 0.4) is 0 Å². The molecule has 0 bridgehead atoms. The van der Waals surface area contributed by atoms with Gasteiger partial charge in [-0.2, -0.15) is 0 Å². The highest BCUT2D eigenvalue weighted by molar-refractivity contribution is 5.31. The van der Waals surface area contributed by atoms with E-state index in [2.05, 4.69) is 18.3 Å². The van der Waals surface area contributed by atoms with Crippen molar-refractivity contribution in [1.29, 1.82) is 0 Å². The maximum absolute atomic E-state index is 9.42. The van der Waals surface area contributed by atoms with Crippen LogP contribution in [-0.4, -0.2) is 12.2 Å². The highest BCUT2D eigenvalue weighted by atomic mass is 16.5. The van der Waals surface area contributed by atoms with Gasteiger partial charge in [0.2, 0.25) is 0 Å². The molecule has 0 aliphatic heterocycles. The summed E-state index contributed by atoms with van der Waals surface area (Å²) >= 11 is 0. The first-order valence-electron chi connectivity index (χ1n) is 6.34. The molecule has 0 saturated carbocycles. The van der Waals surface area contributed by atoms with Crippen LogP contribution < -0.4 is 10.1 Å². The molecule has 1 atom stereocenters. The Morgan fingerprint density at radius 3 is 2.68 bits per heavy atom. The van der Waals surface area contributed by atoms with Crippen LogP contribution in [0.4, 0.5) is 0 Å². The number of aromatic hydroxyl groups is 1. The van der Waals surface area contributed by atoms with Crippen LogP contribution in [0.15, 0.2) is 48.5 Å². The van der Waals surface area contributed by atoms with E-state index in [-0.39, 0.29) is 6.04 Å². The summed E-state index contributed by atoms with van der Waals surface area (Å²) in [5.74, 6) is 1.16. The van der Waals surface area contributed by atoms with Crippen molar-refractivity contribution >= 4 is 0 Å². The molecule has 2 rings (SSSR count). The van der Waals surface area contributed by atoms with E-state index in [1.165, 1.54) is 5.56 Å². The largest absolute Gasteiger partial charge is 0.508 e. The standard InChI is InChI=1S/C16H19NO2/c1-12(14-6-4-8-16(10-14)19-2)17-11-13-5-3-7-15(18)9-13/h3-10,12,17-18H,11H2,1-2H3. The molecular weight excluding hydrogens is 238 g/mol. The summed E-state index contributed by atoms with van der Waals surface area (Å²) in [5, 5.41) is 12.8. The molecule has 0 aliphatic rings. The van der Waals surface area contributed by atoms with Gasteiger partial charge in [0.15, 0.2) is 0 Å². The Bertz CT molecular complexity index is 540. The first kappa shape index (κ1) is 13.4. The molecule has 0 saturated heterocycles. The van der Waals surface area contributed by atoms with Gasteiger partial charge in [0, 0.05) is 12.6 Å². The van der Waals surface area contributed by atoms with Gasteiger partial charge in [0.1, 0.15) is 11.5 Å². The number of benzene rings is 2. The Morgan fingerprint density at radius 2 is 1.95 bits per heavy atom. The number of nitrogens with one attached hydrogen (secondary N) is 1. The first-order chi connectivity index (χ1) is 9.19. The van der Waals surface area contributed by atoms with Gasteiger partial charge in [-0.05, 0) is 42.3 Å². The summed E-state index contributed by atoms with van der Waals surface area (Å²) in [4.78, 5) is 0. The summed E-state index contributed by atoms with van der Waals surface area (Å²) < 4.78 is 5.22. The molecule has 2 aromatic carbocycles. The number of hydrogen-bond acceptors (Lipinski definition) is 3. The quantitative estimate of drug-likeness (QED) is 0.864. The third-order valence-electron chi connectivity index (χ3n) is 3.12. The number of hydrogen-bond donors (Lipinski definition) is 2. The lowest BCUT2D eigenvalue weighted by Gasteiger charge is -2.15. The minimum absolute atomic E-state index is 0.220. The smallest absolute Gasteiger partial charge is 0.119 e. The molecule has 1 unspecified atom stereocenters. The third kappa shape index (κ3) is 3.73. The lowest BCUT2D eigenvalue weighted by molar-refractivity contribution is 0.413. The van der Waals surface area contributed by atoms with Crippen molar-refractivity contribution in [3.63, 3.8) is 0 Å². The molecule has 0 aliphatic carbocycles. The summed E-state index contributed by atoms with van der Waals surface area (Å²) in [6.45, 7) is 2.82. The Balaban J connectivity index is 1.99. The maximum atomic E-state index is 9.42. The van der Waals surface area contributed by atoms with E-state index in [0.29, 0.717) is 12.3 Å². The maximum Gasteiger partial charge on any atom is 0.119 e. The number of phenols is 1. The third-order valence-corrected chi connectivity index (χ3v) is 3.12. The predicted molar refractivity (Wildman–Crippen MR) is 76.4 cm³/mol. The minimum atomic E-state index is 0.220. The van der Waals surface area contributed by atoms with Crippen molar-refractivity contribution in [1.82, 2.24) is 5.32 Å². The highest BCUT2D eigenvalue weighted by Crippen LogP contribution is 2.19. The van der Waals surface area contributed by atoms with E-state index >= 15 is 0 Å². The molecule has 3 nitrogen and oxygen atoms in total. The van der Waals surface area contributed by atoms with E-state index in [4.69, 9.17) is 4.74 Å². The van der Waals surface area contributed by atoms with Crippen LogP contribution in [0, 0.1) is 0 Å². The number of phenolic OH excluding ortho intramolecular Hbond substituents is 1. The van der Waals surface area contributed by atoms with Crippen molar-refractivity contribution in [2.75, 3.05) is 7.11 Å². The average molecular weight is 257 g/mol. The van der Waals surface area contributed by atoms with Gasteiger partial charge >= 0.3 is 0 Å². The molecule has 0 heterocycles. The summed E-state index contributed by atoms with van der Waals surface area (Å²) in [7, 11) is 1.67. The second kappa shape index (κ2) is 6.25. The zero-order chi connectivity index (χ0) is 13.7. The van der Waals surface area contributed by atoms with Crippen LogP contribution in [0.2, 0.25) is 0 Å². The molecule has 3 heteroatoms. The molecular formula is C16H19NO2. The fraction of sp³-hybridized carbons (Fsp3) is 0.250. The molecule has 0 amide bonds. The number of methoxy groups -OCH3 is 1. The fourth-order valence-corrected chi connectivity index (χ4v) is 1.97. The minimum Gasteiger partial charge on any atom is -0.508 e. The van der Waals surface area contributed by atoms with E-state index in [9.17, 15) is 5.11 Å². The van der Waals surface area contributed by atoms with Gasteiger partial charge in [0.05, 0.1) is 7.11 Å². The molecule has 0 spiro atoms. The molecule has 0 aromatic heterocycles. The zero-order valence-electron chi connectivity index (χ0n) is 11.3. The van der Waals surface area contributed by atoms with Gasteiger partial charge < -0.3 is 15.2 Å². The van der Waals surface area contributed by atoms with Crippen LogP contribution in [0.5, 0.6) is 11.5 Å². The number of ether oxygens (including phenoxy) is 1. The second-order valence-electron chi connectivity index (χ2n) is 4.55. The summed E-state index contributed by atoms with van der Waals surface area (Å²) in [6.07, 6.45) is 0. The molecule has 0 fully saturated rings. The van der Waals surface area contributed by atoms with Crippen molar-refractivity contribution in [3.05, 3.63) is 59.7 Å². The average Bonchev–Trinajstić information content (AvgIpc) is 2.45. The molecule has 100 valence electrons. The van der Waals surface area contributed by atoms with Gasteiger partial charge in [0.25, 0.3) is 0 Å². The Hall–Kier alpha value is -2.00. The van der Waals surface area contributed by atoms with Crippen molar-refractivity contribution in [3.8, 4) is 11.5 Å². The molecule has 0 radical (unpaired) electrons. The fourth-order valence-electron chi connectivity index (χ4n) is 1.97. The monoisotopic (exact) mass is 257 g/mol.